The summed E-state index contributed by atoms with van der Waals surface area (Å²) in [5, 5.41) is 9.03. The molecule has 142 valence electrons. The highest BCUT2D eigenvalue weighted by atomic mass is 19.1. The number of para-hydroxylation sites is 1. The fraction of sp³-hybridized carbons (Fsp3) is 0.400. The number of alkyl halides is 1. The van der Waals surface area contributed by atoms with E-state index in [1.54, 1.807) is 6.07 Å². The van der Waals surface area contributed by atoms with E-state index >= 15 is 0 Å². The minimum absolute atomic E-state index is 0.0786. The van der Waals surface area contributed by atoms with Crippen molar-refractivity contribution in [2.75, 3.05) is 18.0 Å². The van der Waals surface area contributed by atoms with Crippen molar-refractivity contribution in [1.82, 2.24) is 4.90 Å². The second kappa shape index (κ2) is 6.40. The molecule has 1 amide bonds. The van der Waals surface area contributed by atoms with Gasteiger partial charge in [0, 0.05) is 24.7 Å². The molecule has 2 atom stereocenters. The summed E-state index contributed by atoms with van der Waals surface area (Å²) in [5.41, 5.74) is 0.366. The number of hydrogen-bond donors (Lipinski definition) is 1. The van der Waals surface area contributed by atoms with Gasteiger partial charge in [-0.05, 0) is 31.0 Å². The number of nitrogens with zero attached hydrogens (tertiary/aromatic N) is 2. The first-order chi connectivity index (χ1) is 12.9. The van der Waals surface area contributed by atoms with Gasteiger partial charge < -0.3 is 19.3 Å². The lowest BCUT2D eigenvalue weighted by Crippen LogP contribution is -2.39. The molecule has 1 fully saturated rings. The molecular weight excluding hydrogens is 351 g/mol. The van der Waals surface area contributed by atoms with Crippen molar-refractivity contribution in [1.29, 1.82) is 0 Å². The van der Waals surface area contributed by atoms with Gasteiger partial charge in [-0.3, -0.25) is 4.79 Å². The topological polar surface area (TPSA) is 74.0 Å². The Balaban J connectivity index is 1.54. The van der Waals surface area contributed by atoms with Gasteiger partial charge in [0.05, 0.1) is 24.9 Å². The minimum atomic E-state index is -2.37. The maximum atomic E-state index is 14.3. The number of amides is 1. The van der Waals surface area contributed by atoms with Crippen LogP contribution in [0.5, 0.6) is 0 Å². The summed E-state index contributed by atoms with van der Waals surface area (Å²) >= 11 is 0. The van der Waals surface area contributed by atoms with Gasteiger partial charge in [-0.15, -0.1) is 0 Å². The Kier molecular flexibility index (Phi) is 4.17. The molecule has 0 bridgehead atoms. The molecule has 2 aliphatic rings. The Morgan fingerprint density at radius 3 is 2.85 bits per heavy atom. The summed E-state index contributed by atoms with van der Waals surface area (Å²) in [7, 11) is 0. The maximum Gasteiger partial charge on any atom is 0.343 e. The van der Waals surface area contributed by atoms with Crippen LogP contribution in [0.15, 0.2) is 41.0 Å². The number of rotatable bonds is 4. The van der Waals surface area contributed by atoms with E-state index in [1.807, 2.05) is 18.2 Å². The fourth-order valence-electron chi connectivity index (χ4n) is 3.97. The second-order valence-electron chi connectivity index (χ2n) is 7.31. The molecular formula is C20H21FN2O4. The number of carboxylic acids is 1. The van der Waals surface area contributed by atoms with E-state index in [0.717, 1.165) is 12.1 Å². The lowest BCUT2D eigenvalue weighted by molar-refractivity contribution is -0.149. The van der Waals surface area contributed by atoms with Crippen molar-refractivity contribution in [3.8, 4) is 0 Å². The van der Waals surface area contributed by atoms with Crippen molar-refractivity contribution in [3.63, 3.8) is 0 Å². The van der Waals surface area contributed by atoms with Gasteiger partial charge in [0.25, 0.3) is 5.91 Å². The van der Waals surface area contributed by atoms with Crippen LogP contribution in [0.25, 0.3) is 0 Å². The van der Waals surface area contributed by atoms with Crippen LogP contribution in [0, 0.1) is 0 Å². The number of anilines is 1. The number of furan rings is 1. The molecule has 1 aromatic carbocycles. The largest absolute Gasteiger partial charge is 0.479 e. The summed E-state index contributed by atoms with van der Waals surface area (Å²) in [6.45, 7) is 2.19. The molecule has 0 aliphatic carbocycles. The van der Waals surface area contributed by atoms with Crippen LogP contribution >= 0.6 is 0 Å². The van der Waals surface area contributed by atoms with Crippen molar-refractivity contribution < 1.29 is 23.5 Å². The van der Waals surface area contributed by atoms with Crippen LogP contribution in [-0.4, -0.2) is 46.7 Å². The summed E-state index contributed by atoms with van der Waals surface area (Å²) in [6.07, 6.45) is 2.18. The van der Waals surface area contributed by atoms with Crippen LogP contribution in [0.1, 0.15) is 35.0 Å². The molecule has 4 rings (SSSR count). The number of halogens is 1. The fourth-order valence-corrected chi connectivity index (χ4v) is 3.97. The van der Waals surface area contributed by atoms with E-state index in [2.05, 4.69) is 17.9 Å². The SMILES string of the molecule is CC1Cc2ccccc2N1Cc1occc1C(=O)N1CCC(F)(C(=O)O)C1. The maximum absolute atomic E-state index is 14.3. The number of carboxylic acid groups (broad SMARTS) is 1. The van der Waals surface area contributed by atoms with Gasteiger partial charge in [-0.1, -0.05) is 18.2 Å². The molecule has 3 heterocycles. The molecule has 27 heavy (non-hydrogen) atoms. The number of fused-ring (bicyclic) bond motifs is 1. The first-order valence-electron chi connectivity index (χ1n) is 9.01. The summed E-state index contributed by atoms with van der Waals surface area (Å²) in [5.74, 6) is -1.40. The van der Waals surface area contributed by atoms with Gasteiger partial charge in [-0.2, -0.15) is 0 Å². The van der Waals surface area contributed by atoms with Crippen molar-refractivity contribution in [3.05, 3.63) is 53.5 Å². The van der Waals surface area contributed by atoms with E-state index in [0.29, 0.717) is 17.9 Å². The number of hydrogen-bond acceptors (Lipinski definition) is 4. The minimum Gasteiger partial charge on any atom is -0.479 e. The van der Waals surface area contributed by atoms with E-state index in [-0.39, 0.29) is 24.9 Å². The Labute approximate surface area is 156 Å². The molecule has 6 nitrogen and oxygen atoms in total. The Morgan fingerprint density at radius 2 is 2.11 bits per heavy atom. The van der Waals surface area contributed by atoms with Crippen LogP contribution in [0.4, 0.5) is 10.1 Å². The second-order valence-corrected chi connectivity index (χ2v) is 7.31. The van der Waals surface area contributed by atoms with Crippen LogP contribution < -0.4 is 4.90 Å². The zero-order valence-electron chi connectivity index (χ0n) is 15.0. The number of carbonyl (C=O) groups excluding carboxylic acids is 1. The Morgan fingerprint density at radius 1 is 1.33 bits per heavy atom. The number of carbonyl (C=O) groups is 2. The number of aliphatic carboxylic acids is 1. The lowest BCUT2D eigenvalue weighted by atomic mass is 10.1. The molecule has 1 N–H and O–H groups in total. The van der Waals surface area contributed by atoms with Crippen molar-refractivity contribution in [2.24, 2.45) is 0 Å². The molecule has 0 spiro atoms. The number of benzene rings is 1. The predicted octanol–water partition coefficient (Wildman–Crippen LogP) is 2.87. The molecule has 1 saturated heterocycles. The zero-order chi connectivity index (χ0) is 19.2. The molecule has 2 aromatic rings. The van der Waals surface area contributed by atoms with Gasteiger partial charge in [0.15, 0.2) is 0 Å². The normalized spacial score (nSPS) is 24.3. The highest BCUT2D eigenvalue weighted by Gasteiger charge is 2.47. The Hall–Kier alpha value is -2.83. The monoisotopic (exact) mass is 372 g/mol. The van der Waals surface area contributed by atoms with E-state index in [1.165, 1.54) is 16.7 Å². The van der Waals surface area contributed by atoms with Crippen molar-refractivity contribution >= 4 is 17.6 Å². The third-order valence-corrected chi connectivity index (χ3v) is 5.53. The van der Waals surface area contributed by atoms with Gasteiger partial charge in [0.1, 0.15) is 5.76 Å². The quantitative estimate of drug-likeness (QED) is 0.893. The van der Waals surface area contributed by atoms with E-state index in [9.17, 15) is 14.0 Å². The highest BCUT2D eigenvalue weighted by Crippen LogP contribution is 2.34. The van der Waals surface area contributed by atoms with Crippen LogP contribution in [0.2, 0.25) is 0 Å². The van der Waals surface area contributed by atoms with Crippen LogP contribution in [-0.2, 0) is 17.8 Å². The first kappa shape index (κ1) is 17.6. The first-order valence-corrected chi connectivity index (χ1v) is 9.01. The summed E-state index contributed by atoms with van der Waals surface area (Å²) < 4.78 is 19.9. The van der Waals surface area contributed by atoms with Gasteiger partial charge in [-0.25, -0.2) is 9.18 Å². The van der Waals surface area contributed by atoms with Crippen LogP contribution in [0.3, 0.4) is 0 Å². The molecule has 2 unspecified atom stereocenters. The highest BCUT2D eigenvalue weighted by molar-refractivity contribution is 5.96. The molecule has 0 radical (unpaired) electrons. The summed E-state index contributed by atoms with van der Waals surface area (Å²) in [4.78, 5) is 27.4. The third-order valence-electron chi connectivity index (χ3n) is 5.53. The summed E-state index contributed by atoms with van der Waals surface area (Å²) in [6, 6.07) is 9.98. The lowest BCUT2D eigenvalue weighted by Gasteiger charge is -2.24. The average Bonchev–Trinajstić information content (AvgIpc) is 3.34. The molecule has 7 heteroatoms. The number of likely N-dealkylation sites (tertiary alicyclic amines) is 1. The predicted molar refractivity (Wildman–Crippen MR) is 96.5 cm³/mol. The molecule has 1 aromatic heterocycles. The van der Waals surface area contributed by atoms with Crippen molar-refractivity contribution in [2.45, 2.75) is 38.0 Å². The average molecular weight is 372 g/mol. The molecule has 0 saturated carbocycles. The van der Waals surface area contributed by atoms with E-state index in [4.69, 9.17) is 9.52 Å². The van der Waals surface area contributed by atoms with Gasteiger partial charge in [0.2, 0.25) is 5.67 Å². The third kappa shape index (κ3) is 2.97. The smallest absolute Gasteiger partial charge is 0.343 e. The zero-order valence-corrected chi connectivity index (χ0v) is 15.0. The van der Waals surface area contributed by atoms with E-state index < -0.39 is 18.2 Å². The standard InChI is InChI=1S/C20H21FN2O4/c1-13-10-14-4-2-3-5-16(14)23(13)11-17-15(6-9-27-17)18(24)22-8-7-20(21,12-22)19(25)26/h2-6,9,13H,7-8,10-12H2,1H3,(H,25,26). The molecule has 2 aliphatic heterocycles. The van der Waals surface area contributed by atoms with Gasteiger partial charge >= 0.3 is 5.97 Å². The Bertz CT molecular complexity index is 896.